The predicted molar refractivity (Wildman–Crippen MR) is 238 cm³/mol. The number of aryl methyl sites for hydroxylation is 3. The van der Waals surface area contributed by atoms with E-state index in [0.29, 0.717) is 29.0 Å². The molecular formula is C38H40BBr3N6O5S2. The minimum atomic E-state index is -3.34. The zero-order chi connectivity index (χ0) is 40.0. The second-order valence-electron chi connectivity index (χ2n) is 12.0. The lowest BCUT2D eigenvalue weighted by Crippen LogP contribution is -2.09. The SMILES string of the molecule is BrB(Br)Br.C.CCn1c(-c2ccc(NS(C)(=O)=O)cc2)c(C#N)c2ccc(C)cc21.CCn1c(-c2ccc(NS(C)(=O)=O)cc2)c(C#N)c2ccc(O)cc21. The number of benzene rings is 4. The molecule has 0 bridgehead atoms. The molecule has 0 aliphatic carbocycles. The Morgan fingerprint density at radius 3 is 1.38 bits per heavy atom. The maximum absolute atomic E-state index is 11.3. The van der Waals surface area contributed by atoms with E-state index in [-0.39, 0.29) is 16.4 Å². The lowest BCUT2D eigenvalue weighted by atomic mass is 10.1. The quantitative estimate of drug-likeness (QED) is 0.128. The van der Waals surface area contributed by atoms with Crippen LogP contribution >= 0.6 is 47.3 Å². The third-order valence-electron chi connectivity index (χ3n) is 8.05. The second-order valence-corrected chi connectivity index (χ2v) is 22.0. The number of halogens is 3. The molecule has 4 aromatic carbocycles. The van der Waals surface area contributed by atoms with Crippen LogP contribution in [-0.4, -0.2) is 46.8 Å². The van der Waals surface area contributed by atoms with Gasteiger partial charge in [0.15, 0.2) is 0 Å². The van der Waals surface area contributed by atoms with Gasteiger partial charge >= 0.3 is 3.18 Å². The fourth-order valence-corrected chi connectivity index (χ4v) is 7.23. The normalized spacial score (nSPS) is 10.9. The molecule has 0 atom stereocenters. The van der Waals surface area contributed by atoms with E-state index in [0.717, 1.165) is 68.9 Å². The third-order valence-corrected chi connectivity index (χ3v) is 9.26. The largest absolute Gasteiger partial charge is 0.508 e. The van der Waals surface area contributed by atoms with Gasteiger partial charge in [0.25, 0.3) is 0 Å². The molecule has 288 valence electrons. The third kappa shape index (κ3) is 11.4. The first-order valence-electron chi connectivity index (χ1n) is 16.3. The van der Waals surface area contributed by atoms with E-state index in [4.69, 9.17) is 0 Å². The van der Waals surface area contributed by atoms with Crippen molar-refractivity contribution in [1.82, 2.24) is 9.13 Å². The van der Waals surface area contributed by atoms with Crippen molar-refractivity contribution in [2.75, 3.05) is 22.0 Å². The number of aromatic nitrogens is 2. The predicted octanol–water partition coefficient (Wildman–Crippen LogP) is 9.95. The molecule has 0 saturated heterocycles. The highest BCUT2D eigenvalue weighted by molar-refractivity contribution is 9.69. The summed E-state index contributed by atoms with van der Waals surface area (Å²) in [5.41, 5.74) is 8.37. The molecule has 0 saturated carbocycles. The highest BCUT2D eigenvalue weighted by Gasteiger charge is 2.20. The Morgan fingerprint density at radius 1 is 0.673 bits per heavy atom. The molecule has 0 fully saturated rings. The summed E-state index contributed by atoms with van der Waals surface area (Å²) in [5.74, 6) is 0.142. The van der Waals surface area contributed by atoms with Gasteiger partial charge in [0.1, 0.15) is 17.9 Å². The van der Waals surface area contributed by atoms with E-state index in [1.807, 2.05) is 49.6 Å². The zero-order valence-corrected chi connectivity index (χ0v) is 36.3. The lowest BCUT2D eigenvalue weighted by molar-refractivity contribution is 0.476. The van der Waals surface area contributed by atoms with Crippen LogP contribution in [0.5, 0.6) is 5.75 Å². The summed E-state index contributed by atoms with van der Waals surface area (Å²) >= 11 is 9.31. The monoisotopic (exact) mass is 972 g/mol. The number of nitriles is 2. The molecule has 2 aromatic heterocycles. The number of anilines is 2. The van der Waals surface area contributed by atoms with Crippen molar-refractivity contribution in [3.05, 3.63) is 102 Å². The summed E-state index contributed by atoms with van der Waals surface area (Å²) in [5, 5.41) is 30.8. The van der Waals surface area contributed by atoms with Crippen molar-refractivity contribution in [3.8, 4) is 40.4 Å². The summed E-state index contributed by atoms with van der Waals surface area (Å²) in [6, 6.07) is 29.5. The fourth-order valence-electron chi connectivity index (χ4n) is 6.10. The van der Waals surface area contributed by atoms with Crippen LogP contribution in [0.15, 0.2) is 84.9 Å². The van der Waals surface area contributed by atoms with Gasteiger partial charge in [-0.25, -0.2) is 16.8 Å². The minimum absolute atomic E-state index is 0. The topological polar surface area (TPSA) is 170 Å². The molecule has 0 radical (unpaired) electrons. The molecule has 0 spiro atoms. The Balaban J connectivity index is 0.000000265. The highest BCUT2D eigenvalue weighted by Crippen LogP contribution is 2.36. The maximum atomic E-state index is 11.3. The molecule has 0 amide bonds. The molecule has 3 N–H and O–H groups in total. The summed E-state index contributed by atoms with van der Waals surface area (Å²) in [4.78, 5) is 0. The number of nitrogens with zero attached hydrogens (tertiary/aromatic N) is 4. The van der Waals surface area contributed by atoms with Crippen LogP contribution in [0.4, 0.5) is 11.4 Å². The highest BCUT2D eigenvalue weighted by atomic mass is 79.9. The maximum Gasteiger partial charge on any atom is 0.369 e. The van der Waals surface area contributed by atoms with Gasteiger partial charge in [-0.1, -0.05) is 43.8 Å². The van der Waals surface area contributed by atoms with E-state index in [1.54, 1.807) is 54.6 Å². The first-order valence-corrected chi connectivity index (χ1v) is 22.8. The molecule has 0 unspecified atom stereocenters. The van der Waals surface area contributed by atoms with Crippen molar-refractivity contribution in [1.29, 1.82) is 10.5 Å². The number of aromatic hydroxyl groups is 1. The minimum Gasteiger partial charge on any atom is -0.508 e. The van der Waals surface area contributed by atoms with Crippen molar-refractivity contribution in [2.45, 2.75) is 41.3 Å². The molecule has 6 aromatic rings. The van der Waals surface area contributed by atoms with Crippen LogP contribution in [0.1, 0.15) is 38.0 Å². The number of phenolic OH excluding ortho intramolecular Hbond substituents is 1. The van der Waals surface area contributed by atoms with Crippen molar-refractivity contribution in [3.63, 3.8) is 0 Å². The standard InChI is InChI=1S/C19H19N3O2S.C18H17N3O3S.CH4.BBr3/c1-4-22-18-11-13(2)5-10-16(18)17(12-20)19(22)14-6-8-15(9-7-14)21-25(3,23)24;1-3-21-17-10-14(22)8-9-15(17)16(11-19)18(21)12-4-6-13(7-5-12)20-25(2,23)24;;2-1(3)4/h5-11,21H,4H2,1-3H3;4-10,20,22H,3H2,1-2H3;1H4;. The molecule has 2 heterocycles. The van der Waals surface area contributed by atoms with Crippen LogP contribution < -0.4 is 9.44 Å². The van der Waals surface area contributed by atoms with Crippen molar-refractivity contribution in [2.24, 2.45) is 0 Å². The van der Waals surface area contributed by atoms with Gasteiger partial charge in [-0.15, -0.1) is 47.3 Å². The van der Waals surface area contributed by atoms with E-state index < -0.39 is 20.0 Å². The van der Waals surface area contributed by atoms with Crippen molar-refractivity contribution < 1.29 is 21.9 Å². The molecule has 11 nitrogen and oxygen atoms in total. The summed E-state index contributed by atoms with van der Waals surface area (Å²) in [6.07, 6.45) is 2.21. The number of phenols is 1. The number of fused-ring (bicyclic) bond motifs is 2. The number of rotatable bonds is 8. The molecule has 0 aliphatic rings. The Kier molecular flexibility index (Phi) is 15.6. The first kappa shape index (κ1) is 45.1. The van der Waals surface area contributed by atoms with E-state index in [1.165, 1.54) is 0 Å². The number of sulfonamides is 2. The number of hydrogen-bond donors (Lipinski definition) is 3. The van der Waals surface area contributed by atoms with E-state index >= 15 is 0 Å². The Bertz CT molecular complexity index is 2430. The van der Waals surface area contributed by atoms with E-state index in [9.17, 15) is 32.5 Å². The Morgan fingerprint density at radius 2 is 1.04 bits per heavy atom. The Labute approximate surface area is 348 Å². The molecule has 55 heavy (non-hydrogen) atoms. The average molecular weight is 975 g/mol. The van der Waals surface area contributed by atoms with Crippen LogP contribution in [0.2, 0.25) is 0 Å². The zero-order valence-electron chi connectivity index (χ0n) is 29.9. The molecule has 6 rings (SSSR count). The number of nitrogens with one attached hydrogen (secondary N) is 2. The molecular weight excluding hydrogens is 935 g/mol. The summed E-state index contributed by atoms with van der Waals surface area (Å²) < 4.78 is 54.6. The van der Waals surface area contributed by atoms with Gasteiger partial charge in [-0.3, -0.25) is 9.44 Å². The van der Waals surface area contributed by atoms with Crippen LogP contribution in [0.25, 0.3) is 44.3 Å². The average Bonchev–Trinajstić information content (AvgIpc) is 3.58. The van der Waals surface area contributed by atoms with Gasteiger partial charge in [-0.2, -0.15) is 10.5 Å². The fraction of sp³-hybridized carbons (Fsp3) is 0.211. The van der Waals surface area contributed by atoms with Crippen LogP contribution in [0, 0.1) is 29.6 Å². The van der Waals surface area contributed by atoms with Crippen LogP contribution in [0.3, 0.4) is 0 Å². The number of hydrogen-bond acceptors (Lipinski definition) is 7. The molecule has 0 aliphatic heterocycles. The lowest BCUT2D eigenvalue weighted by Gasteiger charge is -2.10. The summed E-state index contributed by atoms with van der Waals surface area (Å²) in [7, 11) is -6.65. The van der Waals surface area contributed by atoms with E-state index in [2.05, 4.69) is 79.5 Å². The molecule has 17 heteroatoms. The van der Waals surface area contributed by atoms with Gasteiger partial charge in [0, 0.05) is 41.3 Å². The van der Waals surface area contributed by atoms with Crippen LogP contribution in [-0.2, 0) is 33.1 Å². The van der Waals surface area contributed by atoms with Gasteiger partial charge in [-0.05, 0) is 79.9 Å². The van der Waals surface area contributed by atoms with Crippen molar-refractivity contribution >= 4 is 104 Å². The van der Waals surface area contributed by atoms with Gasteiger partial charge in [0.2, 0.25) is 20.0 Å². The van der Waals surface area contributed by atoms with Gasteiger partial charge < -0.3 is 14.2 Å². The Hall–Kier alpha value is -4.26. The second kappa shape index (κ2) is 19.1. The van der Waals surface area contributed by atoms with Gasteiger partial charge in [0.05, 0.1) is 46.1 Å². The first-order chi connectivity index (χ1) is 25.4. The smallest absolute Gasteiger partial charge is 0.369 e. The summed E-state index contributed by atoms with van der Waals surface area (Å²) in [6.45, 7) is 7.41.